The van der Waals surface area contributed by atoms with Gasteiger partial charge < -0.3 is 15.1 Å². The van der Waals surface area contributed by atoms with Crippen LogP contribution in [0.15, 0.2) is 24.3 Å². The van der Waals surface area contributed by atoms with Gasteiger partial charge in [0.25, 0.3) is 0 Å². The van der Waals surface area contributed by atoms with Gasteiger partial charge >= 0.3 is 5.97 Å². The van der Waals surface area contributed by atoms with E-state index in [0.29, 0.717) is 6.54 Å². The summed E-state index contributed by atoms with van der Waals surface area (Å²) in [4.78, 5) is 12.8. The maximum Gasteiger partial charge on any atom is 0.306 e. The second kappa shape index (κ2) is 4.98. The fourth-order valence-corrected chi connectivity index (χ4v) is 2.57. The number of carboxylic acids is 1. The average molecular weight is 249 g/mol. The predicted molar refractivity (Wildman–Crippen MR) is 69.9 cm³/mol. The van der Waals surface area contributed by atoms with Crippen LogP contribution in [0.5, 0.6) is 0 Å². The van der Waals surface area contributed by atoms with Crippen LogP contribution in [0.2, 0.25) is 0 Å². The van der Waals surface area contributed by atoms with Crippen LogP contribution in [0.3, 0.4) is 0 Å². The summed E-state index contributed by atoms with van der Waals surface area (Å²) >= 11 is 0. The third-order valence-corrected chi connectivity index (χ3v) is 3.27. The summed E-state index contributed by atoms with van der Waals surface area (Å²) in [5.41, 5.74) is 1.19. The van der Waals surface area contributed by atoms with Crippen molar-refractivity contribution in [3.8, 4) is 0 Å². The molecule has 1 atom stereocenters. The monoisotopic (exact) mass is 249 g/mol. The molecule has 2 N–H and O–H groups in total. The van der Waals surface area contributed by atoms with Gasteiger partial charge in [-0.2, -0.15) is 0 Å². The summed E-state index contributed by atoms with van der Waals surface area (Å²) in [5.74, 6) is -0.967. The first-order valence-corrected chi connectivity index (χ1v) is 6.25. The Morgan fingerprint density at radius 1 is 1.44 bits per heavy atom. The van der Waals surface area contributed by atoms with Crippen LogP contribution >= 0.6 is 0 Å². The van der Waals surface area contributed by atoms with E-state index >= 15 is 0 Å². The Hall–Kier alpha value is -1.55. The smallest absolute Gasteiger partial charge is 0.306 e. The number of aliphatic hydroxyl groups is 1. The zero-order chi connectivity index (χ0) is 13.2. The van der Waals surface area contributed by atoms with Crippen molar-refractivity contribution in [1.82, 2.24) is 0 Å². The van der Waals surface area contributed by atoms with E-state index in [4.69, 9.17) is 5.11 Å². The summed E-state index contributed by atoms with van der Waals surface area (Å²) in [6, 6.07) is 8.11. The number of para-hydroxylation sites is 1. The number of aryl methyl sites for hydroxylation is 1. The molecular weight excluding hydrogens is 230 g/mol. The number of anilines is 1. The van der Waals surface area contributed by atoms with Gasteiger partial charge in [-0.25, -0.2) is 0 Å². The largest absolute Gasteiger partial charge is 0.481 e. The maximum absolute atomic E-state index is 10.7. The molecule has 0 spiro atoms. The van der Waals surface area contributed by atoms with Crippen LogP contribution in [-0.4, -0.2) is 34.9 Å². The fraction of sp³-hybridized carbons (Fsp3) is 0.500. The zero-order valence-corrected chi connectivity index (χ0v) is 10.6. The third-order valence-electron chi connectivity index (χ3n) is 3.27. The highest BCUT2D eigenvalue weighted by atomic mass is 16.4. The van der Waals surface area contributed by atoms with Crippen LogP contribution in [-0.2, 0) is 11.2 Å². The number of benzene rings is 1. The number of carboxylic acid groups (broad SMARTS) is 1. The highest BCUT2D eigenvalue weighted by Crippen LogP contribution is 2.28. The van der Waals surface area contributed by atoms with Gasteiger partial charge in [-0.1, -0.05) is 18.2 Å². The molecule has 0 radical (unpaired) electrons. The minimum absolute atomic E-state index is 0.230. The van der Waals surface area contributed by atoms with E-state index in [2.05, 4.69) is 11.0 Å². The van der Waals surface area contributed by atoms with Gasteiger partial charge in [0.2, 0.25) is 0 Å². The minimum atomic E-state index is -1.20. The molecule has 1 heterocycles. The van der Waals surface area contributed by atoms with Gasteiger partial charge in [0, 0.05) is 18.8 Å². The van der Waals surface area contributed by atoms with Crippen LogP contribution in [0.4, 0.5) is 5.69 Å². The van der Waals surface area contributed by atoms with Crippen molar-refractivity contribution in [2.75, 3.05) is 18.0 Å². The summed E-state index contributed by atoms with van der Waals surface area (Å²) in [5, 5.41) is 18.9. The molecule has 4 heteroatoms. The Bertz CT molecular complexity index is 442. The van der Waals surface area contributed by atoms with E-state index in [-0.39, 0.29) is 6.42 Å². The van der Waals surface area contributed by atoms with Gasteiger partial charge in [-0.15, -0.1) is 0 Å². The number of hydrogen-bond acceptors (Lipinski definition) is 3. The number of rotatable bonds is 4. The predicted octanol–water partition coefficient (Wildman–Crippen LogP) is 1.66. The standard InChI is InChI=1S/C14H19NO3/c1-14(18,9-13(16)17)10-15-8-4-6-11-5-2-3-7-12(11)15/h2-3,5,7,18H,4,6,8-10H2,1H3,(H,16,17). The van der Waals surface area contributed by atoms with E-state index < -0.39 is 11.6 Å². The number of fused-ring (bicyclic) bond motifs is 1. The number of aliphatic carboxylic acids is 1. The molecule has 0 bridgehead atoms. The first-order valence-electron chi connectivity index (χ1n) is 6.25. The van der Waals surface area contributed by atoms with Gasteiger partial charge in [0.15, 0.2) is 0 Å². The quantitative estimate of drug-likeness (QED) is 0.852. The Balaban J connectivity index is 2.14. The Morgan fingerprint density at radius 3 is 2.89 bits per heavy atom. The molecule has 2 rings (SSSR count). The first kappa shape index (κ1) is 12.9. The highest BCUT2D eigenvalue weighted by Gasteiger charge is 2.29. The van der Waals surface area contributed by atoms with Crippen molar-refractivity contribution in [2.45, 2.75) is 31.8 Å². The Kier molecular flexibility index (Phi) is 3.57. The van der Waals surface area contributed by atoms with E-state index in [1.165, 1.54) is 5.56 Å². The number of hydrogen-bond donors (Lipinski definition) is 2. The van der Waals surface area contributed by atoms with E-state index in [1.54, 1.807) is 6.92 Å². The topological polar surface area (TPSA) is 60.8 Å². The molecule has 0 saturated carbocycles. The molecule has 18 heavy (non-hydrogen) atoms. The molecule has 4 nitrogen and oxygen atoms in total. The fourth-order valence-electron chi connectivity index (χ4n) is 2.57. The van der Waals surface area contributed by atoms with Crippen LogP contribution < -0.4 is 4.90 Å². The molecule has 1 aliphatic heterocycles. The summed E-state index contributed by atoms with van der Waals surface area (Å²) in [7, 11) is 0. The molecule has 98 valence electrons. The normalized spacial score (nSPS) is 18.0. The van der Waals surface area contributed by atoms with Crippen molar-refractivity contribution in [2.24, 2.45) is 0 Å². The van der Waals surface area contributed by atoms with Gasteiger partial charge in [0.1, 0.15) is 0 Å². The van der Waals surface area contributed by atoms with E-state index in [1.807, 2.05) is 18.2 Å². The Morgan fingerprint density at radius 2 is 2.17 bits per heavy atom. The zero-order valence-electron chi connectivity index (χ0n) is 10.6. The molecule has 1 aromatic rings. The van der Waals surface area contributed by atoms with E-state index in [9.17, 15) is 9.90 Å². The average Bonchev–Trinajstić information content (AvgIpc) is 2.27. The number of carbonyl (C=O) groups is 1. The molecule has 0 amide bonds. The van der Waals surface area contributed by atoms with Crippen molar-refractivity contribution in [3.05, 3.63) is 29.8 Å². The lowest BCUT2D eigenvalue weighted by molar-refractivity contribution is -0.141. The molecule has 0 saturated heterocycles. The lowest BCUT2D eigenvalue weighted by Gasteiger charge is -2.36. The van der Waals surface area contributed by atoms with Crippen molar-refractivity contribution < 1.29 is 15.0 Å². The van der Waals surface area contributed by atoms with Crippen molar-refractivity contribution in [1.29, 1.82) is 0 Å². The number of nitrogens with zero attached hydrogens (tertiary/aromatic N) is 1. The van der Waals surface area contributed by atoms with Crippen LogP contribution in [0, 0.1) is 0 Å². The molecule has 1 aliphatic rings. The molecular formula is C14H19NO3. The number of β-amino-alcohol motifs (C(OH)–C–C–N with tert-alkyl or cyclic N) is 1. The lowest BCUT2D eigenvalue weighted by Crippen LogP contribution is -2.44. The molecule has 0 fully saturated rings. The minimum Gasteiger partial charge on any atom is -0.481 e. The van der Waals surface area contributed by atoms with Gasteiger partial charge in [-0.3, -0.25) is 4.79 Å². The second-order valence-electron chi connectivity index (χ2n) is 5.22. The molecule has 1 unspecified atom stereocenters. The SMILES string of the molecule is CC(O)(CC(=O)O)CN1CCCc2ccccc21. The van der Waals surface area contributed by atoms with Gasteiger partial charge in [0.05, 0.1) is 12.0 Å². The van der Waals surface area contributed by atoms with Crippen molar-refractivity contribution >= 4 is 11.7 Å². The second-order valence-corrected chi connectivity index (χ2v) is 5.22. The van der Waals surface area contributed by atoms with Gasteiger partial charge in [-0.05, 0) is 31.4 Å². The summed E-state index contributed by atoms with van der Waals surface area (Å²) < 4.78 is 0. The first-order chi connectivity index (χ1) is 8.48. The molecule has 0 aromatic heterocycles. The van der Waals surface area contributed by atoms with Crippen LogP contribution in [0.25, 0.3) is 0 Å². The molecule has 0 aliphatic carbocycles. The third kappa shape index (κ3) is 3.01. The molecule has 1 aromatic carbocycles. The van der Waals surface area contributed by atoms with E-state index in [0.717, 1.165) is 25.1 Å². The highest BCUT2D eigenvalue weighted by molar-refractivity contribution is 5.68. The van der Waals surface area contributed by atoms with Crippen LogP contribution in [0.1, 0.15) is 25.3 Å². The lowest BCUT2D eigenvalue weighted by atomic mass is 9.97. The van der Waals surface area contributed by atoms with Crippen molar-refractivity contribution in [3.63, 3.8) is 0 Å². The maximum atomic E-state index is 10.7. The summed E-state index contributed by atoms with van der Waals surface area (Å²) in [6.07, 6.45) is 1.86. The summed E-state index contributed by atoms with van der Waals surface area (Å²) in [6.45, 7) is 2.81. The Labute approximate surface area is 107 Å².